The highest BCUT2D eigenvalue weighted by atomic mass is 19.1. The Labute approximate surface area is 130 Å². The number of aliphatic hydroxyl groups excluding tert-OH is 1. The molecule has 0 bridgehead atoms. The second-order valence-electron chi connectivity index (χ2n) is 5.05. The SMILES string of the molecule is OCCC[C@H](COc1ccc(F)cc1)OCc1ccccc1. The van der Waals surface area contributed by atoms with Gasteiger partial charge in [-0.15, -0.1) is 0 Å². The van der Waals surface area contributed by atoms with E-state index in [0.717, 1.165) is 5.56 Å². The Balaban J connectivity index is 1.84. The molecule has 118 valence electrons. The molecule has 1 N–H and O–H groups in total. The molecule has 2 aromatic carbocycles. The maximum Gasteiger partial charge on any atom is 0.123 e. The molecule has 0 aliphatic carbocycles. The minimum atomic E-state index is -0.287. The smallest absolute Gasteiger partial charge is 0.123 e. The van der Waals surface area contributed by atoms with Crippen molar-refractivity contribution in [2.24, 2.45) is 0 Å². The van der Waals surface area contributed by atoms with Gasteiger partial charge in [0.2, 0.25) is 0 Å². The first kappa shape index (κ1) is 16.5. The first-order valence-electron chi connectivity index (χ1n) is 7.42. The molecule has 0 spiro atoms. The van der Waals surface area contributed by atoms with Gasteiger partial charge >= 0.3 is 0 Å². The summed E-state index contributed by atoms with van der Waals surface area (Å²) in [6.45, 7) is 1.00. The van der Waals surface area contributed by atoms with Crippen LogP contribution in [0.25, 0.3) is 0 Å². The van der Waals surface area contributed by atoms with Crippen LogP contribution in [0.1, 0.15) is 18.4 Å². The zero-order valence-electron chi connectivity index (χ0n) is 12.5. The molecule has 0 aliphatic rings. The molecule has 0 heterocycles. The lowest BCUT2D eigenvalue weighted by atomic mass is 10.2. The van der Waals surface area contributed by atoms with Gasteiger partial charge in [0.15, 0.2) is 0 Å². The number of hydrogen-bond acceptors (Lipinski definition) is 3. The normalized spacial score (nSPS) is 12.1. The molecular formula is C18H21FO3. The van der Waals surface area contributed by atoms with Gasteiger partial charge in [0.25, 0.3) is 0 Å². The van der Waals surface area contributed by atoms with Gasteiger partial charge in [0.1, 0.15) is 18.2 Å². The molecule has 4 heteroatoms. The van der Waals surface area contributed by atoms with Gasteiger partial charge < -0.3 is 14.6 Å². The molecule has 22 heavy (non-hydrogen) atoms. The zero-order chi connectivity index (χ0) is 15.6. The van der Waals surface area contributed by atoms with E-state index in [1.54, 1.807) is 12.1 Å². The largest absolute Gasteiger partial charge is 0.491 e. The molecule has 2 rings (SSSR count). The Kier molecular flexibility index (Phi) is 6.87. The van der Waals surface area contributed by atoms with Crippen molar-refractivity contribution in [3.05, 3.63) is 66.0 Å². The first-order valence-corrected chi connectivity index (χ1v) is 7.42. The maximum absolute atomic E-state index is 12.9. The van der Waals surface area contributed by atoms with Crippen LogP contribution in [-0.2, 0) is 11.3 Å². The highest BCUT2D eigenvalue weighted by Gasteiger charge is 2.10. The predicted octanol–water partition coefficient (Wildman–Crippen LogP) is 3.56. The van der Waals surface area contributed by atoms with Crippen LogP contribution >= 0.6 is 0 Å². The van der Waals surface area contributed by atoms with E-state index in [1.807, 2.05) is 30.3 Å². The monoisotopic (exact) mass is 304 g/mol. The van der Waals surface area contributed by atoms with Crippen LogP contribution in [0.3, 0.4) is 0 Å². The quantitative estimate of drug-likeness (QED) is 0.770. The third-order valence-electron chi connectivity index (χ3n) is 3.26. The van der Waals surface area contributed by atoms with E-state index in [0.29, 0.717) is 31.8 Å². The fraction of sp³-hybridized carbons (Fsp3) is 0.333. The summed E-state index contributed by atoms with van der Waals surface area (Å²) in [7, 11) is 0. The average Bonchev–Trinajstić information content (AvgIpc) is 2.56. The lowest BCUT2D eigenvalue weighted by Crippen LogP contribution is -2.22. The molecular weight excluding hydrogens is 283 g/mol. The molecule has 0 aromatic heterocycles. The number of halogens is 1. The van der Waals surface area contributed by atoms with Crippen LogP contribution in [0.2, 0.25) is 0 Å². The van der Waals surface area contributed by atoms with E-state index < -0.39 is 0 Å². The number of ether oxygens (including phenoxy) is 2. The third kappa shape index (κ3) is 5.84. The van der Waals surface area contributed by atoms with Crippen molar-refractivity contribution in [3.8, 4) is 5.75 Å². The standard InChI is InChI=1S/C18H21FO3/c19-16-8-10-17(11-9-16)22-14-18(7-4-12-20)21-13-15-5-2-1-3-6-15/h1-3,5-6,8-11,18,20H,4,7,12-14H2/t18-/m1/s1. The minimum absolute atomic E-state index is 0.114. The summed E-state index contributed by atoms with van der Waals surface area (Å²) in [6.07, 6.45) is 1.26. The fourth-order valence-electron chi connectivity index (χ4n) is 2.04. The maximum atomic E-state index is 12.9. The molecule has 3 nitrogen and oxygen atoms in total. The van der Waals surface area contributed by atoms with E-state index in [9.17, 15) is 4.39 Å². The second kappa shape index (κ2) is 9.18. The van der Waals surface area contributed by atoms with E-state index in [1.165, 1.54) is 12.1 Å². The predicted molar refractivity (Wildman–Crippen MR) is 83.2 cm³/mol. The van der Waals surface area contributed by atoms with Gasteiger partial charge in [-0.25, -0.2) is 4.39 Å². The molecule has 0 fully saturated rings. The van der Waals surface area contributed by atoms with Crippen molar-refractivity contribution >= 4 is 0 Å². The number of benzene rings is 2. The van der Waals surface area contributed by atoms with E-state index in [-0.39, 0.29) is 18.5 Å². The molecule has 2 aromatic rings. The van der Waals surface area contributed by atoms with Gasteiger partial charge in [-0.1, -0.05) is 30.3 Å². The van der Waals surface area contributed by atoms with Crippen molar-refractivity contribution < 1.29 is 19.0 Å². The topological polar surface area (TPSA) is 38.7 Å². The third-order valence-corrected chi connectivity index (χ3v) is 3.26. The van der Waals surface area contributed by atoms with Crippen LogP contribution in [0, 0.1) is 5.82 Å². The lowest BCUT2D eigenvalue weighted by Gasteiger charge is -2.18. The second-order valence-corrected chi connectivity index (χ2v) is 5.05. The van der Waals surface area contributed by atoms with Gasteiger partial charge in [-0.3, -0.25) is 0 Å². The van der Waals surface area contributed by atoms with Crippen molar-refractivity contribution in [2.45, 2.75) is 25.6 Å². The van der Waals surface area contributed by atoms with Gasteiger partial charge in [-0.2, -0.15) is 0 Å². The van der Waals surface area contributed by atoms with Crippen molar-refractivity contribution in [1.82, 2.24) is 0 Å². The van der Waals surface area contributed by atoms with Crippen LogP contribution in [0.15, 0.2) is 54.6 Å². The van der Waals surface area contributed by atoms with Crippen molar-refractivity contribution in [3.63, 3.8) is 0 Å². The molecule has 1 atom stereocenters. The van der Waals surface area contributed by atoms with Gasteiger partial charge in [0, 0.05) is 6.61 Å². The first-order chi connectivity index (χ1) is 10.8. The Morgan fingerprint density at radius 1 is 1.00 bits per heavy atom. The Morgan fingerprint density at radius 2 is 1.73 bits per heavy atom. The fourth-order valence-corrected chi connectivity index (χ4v) is 2.04. The van der Waals surface area contributed by atoms with E-state index >= 15 is 0 Å². The Hall–Kier alpha value is -1.91. The summed E-state index contributed by atoms with van der Waals surface area (Å²) in [5.41, 5.74) is 1.10. The zero-order valence-corrected chi connectivity index (χ0v) is 12.5. The van der Waals surface area contributed by atoms with Crippen molar-refractivity contribution in [2.75, 3.05) is 13.2 Å². The van der Waals surface area contributed by atoms with E-state index in [4.69, 9.17) is 14.6 Å². The lowest BCUT2D eigenvalue weighted by molar-refractivity contribution is 0.00122. The number of rotatable bonds is 9. The van der Waals surface area contributed by atoms with Crippen LogP contribution in [-0.4, -0.2) is 24.4 Å². The van der Waals surface area contributed by atoms with Crippen LogP contribution in [0.5, 0.6) is 5.75 Å². The minimum Gasteiger partial charge on any atom is -0.491 e. The molecule has 0 aliphatic heterocycles. The highest BCUT2D eigenvalue weighted by Crippen LogP contribution is 2.14. The van der Waals surface area contributed by atoms with Gasteiger partial charge in [0.05, 0.1) is 12.7 Å². The highest BCUT2D eigenvalue weighted by molar-refractivity contribution is 5.22. The van der Waals surface area contributed by atoms with Crippen LogP contribution < -0.4 is 4.74 Å². The van der Waals surface area contributed by atoms with E-state index in [2.05, 4.69) is 0 Å². The summed E-state index contributed by atoms with van der Waals surface area (Å²) >= 11 is 0. The molecule has 0 saturated carbocycles. The molecule has 0 unspecified atom stereocenters. The summed E-state index contributed by atoms with van der Waals surface area (Å²) in [5, 5.41) is 8.98. The molecule has 0 radical (unpaired) electrons. The Morgan fingerprint density at radius 3 is 2.41 bits per heavy atom. The van der Waals surface area contributed by atoms with Gasteiger partial charge in [-0.05, 0) is 42.7 Å². The van der Waals surface area contributed by atoms with Crippen molar-refractivity contribution in [1.29, 1.82) is 0 Å². The number of aliphatic hydroxyl groups is 1. The summed E-state index contributed by atoms with van der Waals surface area (Å²) in [4.78, 5) is 0. The molecule has 0 amide bonds. The summed E-state index contributed by atoms with van der Waals surface area (Å²) in [6, 6.07) is 15.8. The molecule has 0 saturated heterocycles. The average molecular weight is 304 g/mol. The van der Waals surface area contributed by atoms with Crippen LogP contribution in [0.4, 0.5) is 4.39 Å². The summed E-state index contributed by atoms with van der Waals surface area (Å²) < 4.78 is 24.4. The number of hydrogen-bond donors (Lipinski definition) is 1. The Bertz CT molecular complexity index is 528. The summed E-state index contributed by atoms with van der Waals surface area (Å²) in [5.74, 6) is 0.322.